The lowest BCUT2D eigenvalue weighted by atomic mass is 10.0. The van der Waals surface area contributed by atoms with Crippen molar-refractivity contribution in [1.82, 2.24) is 0 Å². The molecule has 6 heteroatoms. The summed E-state index contributed by atoms with van der Waals surface area (Å²) < 4.78 is 4.95. The third-order valence-corrected chi connectivity index (χ3v) is 1.58. The molecule has 0 aromatic carbocycles. The summed E-state index contributed by atoms with van der Waals surface area (Å²) in [5, 5.41) is 22.6. The smallest absolute Gasteiger partial charge is 0.291 e. The normalized spacial score (nSPS) is 28.5. The molecule has 0 saturated carbocycles. The second kappa shape index (κ2) is 5.73. The van der Waals surface area contributed by atoms with Gasteiger partial charge in [-0.2, -0.15) is 0 Å². The number of ether oxygens (including phenoxy) is 1. The first-order valence-corrected chi connectivity index (χ1v) is 3.67. The topological polar surface area (TPSA) is 92.8 Å². The summed E-state index contributed by atoms with van der Waals surface area (Å²) in [6.07, 6.45) is 1.70. The molecule has 72 valence electrons. The van der Waals surface area contributed by atoms with Crippen LogP contribution in [-0.2, 0) is 4.74 Å². The molecule has 1 saturated heterocycles. The van der Waals surface area contributed by atoms with E-state index in [1.807, 2.05) is 6.92 Å². The second-order valence-corrected chi connectivity index (χ2v) is 2.62. The first-order chi connectivity index (χ1) is 5.54. The number of nitrogens with zero attached hydrogens (tertiary/aromatic N) is 1. The molecule has 1 aliphatic heterocycles. The summed E-state index contributed by atoms with van der Waals surface area (Å²) in [6.45, 7) is 2.73. The molecule has 1 heterocycles. The van der Waals surface area contributed by atoms with Gasteiger partial charge in [-0.25, -0.2) is 0 Å². The monoisotopic (exact) mass is 179 g/mol. The zero-order chi connectivity index (χ0) is 9.56. The highest BCUT2D eigenvalue weighted by atomic mass is 16.9. The molecule has 0 aliphatic carbocycles. The van der Waals surface area contributed by atoms with Crippen molar-refractivity contribution in [1.29, 1.82) is 0 Å². The molecule has 2 atom stereocenters. The minimum Gasteiger partial charge on any atom is -0.368 e. The Balaban J connectivity index is 0.000000261. The highest BCUT2D eigenvalue weighted by Crippen LogP contribution is 2.17. The standard InChI is InChI=1S/C6H12O2.HNO3/c1-5-3-2-4-8-6(5)7;2-1(3)4/h5-7H,2-4H2,1H3;(H,2,3,4). The second-order valence-electron chi connectivity index (χ2n) is 2.62. The van der Waals surface area contributed by atoms with E-state index in [1.165, 1.54) is 0 Å². The van der Waals surface area contributed by atoms with Gasteiger partial charge in [0, 0.05) is 12.5 Å². The Morgan fingerprint density at radius 1 is 1.67 bits per heavy atom. The first kappa shape index (κ1) is 11.1. The Bertz CT molecular complexity index is 126. The molecule has 6 nitrogen and oxygen atoms in total. The number of hydrogen-bond acceptors (Lipinski definition) is 4. The van der Waals surface area contributed by atoms with Crippen LogP contribution in [0, 0.1) is 16.0 Å². The Hall–Kier alpha value is -0.880. The highest BCUT2D eigenvalue weighted by Gasteiger charge is 2.18. The fourth-order valence-corrected chi connectivity index (χ4v) is 0.916. The zero-order valence-electron chi connectivity index (χ0n) is 6.84. The SMILES string of the molecule is CC1CCCOC1O.O=[N+]([O-])O. The van der Waals surface area contributed by atoms with Gasteiger partial charge in [0.25, 0.3) is 5.09 Å². The molecular formula is C6H13NO5. The van der Waals surface area contributed by atoms with Gasteiger partial charge in [0.15, 0.2) is 6.29 Å². The average molecular weight is 179 g/mol. The van der Waals surface area contributed by atoms with Gasteiger partial charge < -0.3 is 15.1 Å². The number of hydrogen-bond donors (Lipinski definition) is 2. The van der Waals surface area contributed by atoms with Gasteiger partial charge in [0.05, 0.1) is 0 Å². The van der Waals surface area contributed by atoms with Crippen molar-refractivity contribution in [3.05, 3.63) is 10.1 Å². The lowest BCUT2D eigenvalue weighted by molar-refractivity contribution is -0.742. The average Bonchev–Trinajstić information content (AvgIpc) is 1.94. The van der Waals surface area contributed by atoms with Crippen molar-refractivity contribution >= 4 is 0 Å². The van der Waals surface area contributed by atoms with Crippen molar-refractivity contribution in [3.8, 4) is 0 Å². The lowest BCUT2D eigenvalue weighted by Gasteiger charge is -2.23. The van der Waals surface area contributed by atoms with E-state index < -0.39 is 11.4 Å². The summed E-state index contributed by atoms with van der Waals surface area (Å²) >= 11 is 0. The van der Waals surface area contributed by atoms with Crippen LogP contribution < -0.4 is 0 Å². The van der Waals surface area contributed by atoms with Gasteiger partial charge in [-0.3, -0.25) is 0 Å². The molecular weight excluding hydrogens is 166 g/mol. The van der Waals surface area contributed by atoms with E-state index in [2.05, 4.69) is 0 Å². The molecule has 1 fully saturated rings. The van der Waals surface area contributed by atoms with E-state index in [1.54, 1.807) is 0 Å². The quantitative estimate of drug-likeness (QED) is 0.414. The van der Waals surface area contributed by atoms with Crippen molar-refractivity contribution in [2.75, 3.05) is 6.61 Å². The number of aliphatic hydroxyl groups is 1. The molecule has 2 unspecified atom stereocenters. The van der Waals surface area contributed by atoms with E-state index in [4.69, 9.17) is 25.2 Å². The molecule has 0 radical (unpaired) electrons. The summed E-state index contributed by atoms with van der Waals surface area (Å²) in [4.78, 5) is 8.36. The molecule has 1 rings (SSSR count). The Morgan fingerprint density at radius 3 is 2.42 bits per heavy atom. The molecule has 0 aromatic rings. The minimum atomic E-state index is -1.50. The van der Waals surface area contributed by atoms with Gasteiger partial charge >= 0.3 is 0 Å². The fraction of sp³-hybridized carbons (Fsp3) is 1.00. The van der Waals surface area contributed by atoms with Gasteiger partial charge in [-0.15, -0.1) is 10.1 Å². The zero-order valence-corrected chi connectivity index (χ0v) is 6.84. The summed E-state index contributed by atoms with van der Waals surface area (Å²) in [6, 6.07) is 0. The Labute approximate surface area is 69.9 Å². The predicted octanol–water partition coefficient (Wildman–Crippen LogP) is 0.404. The van der Waals surface area contributed by atoms with Gasteiger partial charge in [0.2, 0.25) is 0 Å². The Morgan fingerprint density at radius 2 is 2.17 bits per heavy atom. The summed E-state index contributed by atoms with van der Waals surface area (Å²) in [5.41, 5.74) is 0. The Kier molecular flexibility index (Phi) is 5.31. The van der Waals surface area contributed by atoms with Crippen LogP contribution in [-0.4, -0.2) is 28.3 Å². The summed E-state index contributed by atoms with van der Waals surface area (Å²) in [5.74, 6) is 0.337. The molecule has 0 aromatic heterocycles. The first-order valence-electron chi connectivity index (χ1n) is 3.67. The lowest BCUT2D eigenvalue weighted by Crippen LogP contribution is -2.26. The maximum atomic E-state index is 8.96. The van der Waals surface area contributed by atoms with Gasteiger partial charge in [-0.05, 0) is 12.8 Å². The summed E-state index contributed by atoms with van der Waals surface area (Å²) in [7, 11) is 0. The highest BCUT2D eigenvalue weighted by molar-refractivity contribution is 4.60. The molecule has 1 aliphatic rings. The van der Waals surface area contributed by atoms with Crippen LogP contribution in [0.15, 0.2) is 0 Å². The predicted molar refractivity (Wildman–Crippen MR) is 39.1 cm³/mol. The van der Waals surface area contributed by atoms with Crippen LogP contribution in [0.1, 0.15) is 19.8 Å². The maximum Gasteiger partial charge on any atom is 0.291 e. The van der Waals surface area contributed by atoms with E-state index >= 15 is 0 Å². The molecule has 0 bridgehead atoms. The van der Waals surface area contributed by atoms with E-state index in [-0.39, 0.29) is 0 Å². The van der Waals surface area contributed by atoms with Crippen LogP contribution >= 0.6 is 0 Å². The van der Waals surface area contributed by atoms with E-state index in [0.717, 1.165) is 19.4 Å². The van der Waals surface area contributed by atoms with Crippen LogP contribution in [0.3, 0.4) is 0 Å². The van der Waals surface area contributed by atoms with Gasteiger partial charge in [-0.1, -0.05) is 6.92 Å². The molecule has 0 spiro atoms. The van der Waals surface area contributed by atoms with Crippen LogP contribution in [0.2, 0.25) is 0 Å². The molecule has 0 amide bonds. The maximum absolute atomic E-state index is 8.96. The number of rotatable bonds is 0. The third kappa shape index (κ3) is 5.87. The van der Waals surface area contributed by atoms with Crippen molar-refractivity contribution in [2.45, 2.75) is 26.1 Å². The third-order valence-electron chi connectivity index (χ3n) is 1.58. The largest absolute Gasteiger partial charge is 0.368 e. The molecule has 2 N–H and O–H groups in total. The van der Waals surface area contributed by atoms with Crippen LogP contribution in [0.4, 0.5) is 0 Å². The van der Waals surface area contributed by atoms with E-state index in [0.29, 0.717) is 5.92 Å². The van der Waals surface area contributed by atoms with Crippen LogP contribution in [0.25, 0.3) is 0 Å². The minimum absolute atomic E-state index is 0.337. The van der Waals surface area contributed by atoms with Gasteiger partial charge in [0.1, 0.15) is 0 Å². The van der Waals surface area contributed by atoms with Crippen LogP contribution in [0.5, 0.6) is 0 Å². The fourth-order valence-electron chi connectivity index (χ4n) is 0.916. The number of aliphatic hydroxyl groups excluding tert-OH is 1. The van der Waals surface area contributed by atoms with Crippen molar-refractivity contribution in [2.24, 2.45) is 5.92 Å². The van der Waals surface area contributed by atoms with Crippen molar-refractivity contribution < 1.29 is 20.1 Å². The van der Waals surface area contributed by atoms with E-state index in [9.17, 15) is 0 Å². The van der Waals surface area contributed by atoms with Crippen molar-refractivity contribution in [3.63, 3.8) is 0 Å². The molecule has 12 heavy (non-hydrogen) atoms.